The van der Waals surface area contributed by atoms with E-state index in [1.54, 1.807) is 11.8 Å². The summed E-state index contributed by atoms with van der Waals surface area (Å²) in [5.41, 5.74) is 0.967. The minimum Gasteiger partial charge on any atom is -0.391 e. The maximum Gasteiger partial charge on any atom is 0.322 e. The molecule has 1 spiro atoms. The number of urea groups is 1. The number of anilines is 1. The monoisotopic (exact) mass is 400 g/mol. The number of aliphatic hydroxyl groups is 1. The molecule has 1 saturated carbocycles. The van der Waals surface area contributed by atoms with E-state index in [2.05, 4.69) is 10.2 Å². The Morgan fingerprint density at radius 1 is 1.14 bits per heavy atom. The van der Waals surface area contributed by atoms with Crippen molar-refractivity contribution in [2.24, 2.45) is 5.41 Å². The minimum atomic E-state index is -0.459. The van der Waals surface area contributed by atoms with Crippen molar-refractivity contribution < 1.29 is 14.7 Å². The largest absolute Gasteiger partial charge is 0.391 e. The number of piperazine rings is 1. The lowest BCUT2D eigenvalue weighted by atomic mass is 9.90. The van der Waals surface area contributed by atoms with E-state index in [1.165, 1.54) is 12.8 Å². The average Bonchev–Trinajstić information content (AvgIpc) is 3.50. The predicted molar refractivity (Wildman–Crippen MR) is 112 cm³/mol. The van der Waals surface area contributed by atoms with Crippen LogP contribution in [0.25, 0.3) is 0 Å². The SMILES string of the molecule is CC1C(=O)N(CCCN2CCC3(CC3)C(O)C2)CCN1C(=O)Nc1ccccc1. The molecule has 29 heavy (non-hydrogen) atoms. The Bertz CT molecular complexity index is 737. The molecule has 3 amide bonds. The summed E-state index contributed by atoms with van der Waals surface area (Å²) >= 11 is 0. The van der Waals surface area contributed by atoms with Crippen molar-refractivity contribution >= 4 is 17.6 Å². The van der Waals surface area contributed by atoms with Crippen molar-refractivity contribution in [3.05, 3.63) is 30.3 Å². The van der Waals surface area contributed by atoms with E-state index in [-0.39, 0.29) is 23.5 Å². The van der Waals surface area contributed by atoms with Crippen LogP contribution in [-0.2, 0) is 4.79 Å². The van der Waals surface area contributed by atoms with Crippen LogP contribution >= 0.6 is 0 Å². The third kappa shape index (κ3) is 4.41. The number of piperidine rings is 1. The average molecular weight is 401 g/mol. The third-order valence-electron chi connectivity index (χ3n) is 6.89. The van der Waals surface area contributed by atoms with Gasteiger partial charge in [-0.2, -0.15) is 0 Å². The Morgan fingerprint density at radius 3 is 2.59 bits per heavy atom. The van der Waals surface area contributed by atoms with Crippen LogP contribution in [0.3, 0.4) is 0 Å². The maximum atomic E-state index is 12.8. The van der Waals surface area contributed by atoms with Crippen molar-refractivity contribution in [1.82, 2.24) is 14.7 Å². The number of hydrogen-bond donors (Lipinski definition) is 2. The Hall–Kier alpha value is -2.12. The predicted octanol–water partition coefficient (Wildman–Crippen LogP) is 1.99. The molecule has 1 aromatic rings. The molecule has 3 fully saturated rings. The number of hydrogen-bond acceptors (Lipinski definition) is 4. The highest BCUT2D eigenvalue weighted by Crippen LogP contribution is 2.53. The number of likely N-dealkylation sites (tertiary alicyclic amines) is 1. The normalized spacial score (nSPS) is 26.6. The smallest absolute Gasteiger partial charge is 0.322 e. The first-order chi connectivity index (χ1) is 14.0. The van der Waals surface area contributed by atoms with Crippen LogP contribution in [0.15, 0.2) is 30.3 Å². The van der Waals surface area contributed by atoms with Crippen LogP contribution in [0.2, 0.25) is 0 Å². The molecule has 2 N–H and O–H groups in total. The van der Waals surface area contributed by atoms with Gasteiger partial charge in [-0.15, -0.1) is 0 Å². The molecule has 2 heterocycles. The molecule has 1 aromatic carbocycles. The lowest BCUT2D eigenvalue weighted by Crippen LogP contribution is -2.58. The van der Waals surface area contributed by atoms with E-state index in [9.17, 15) is 14.7 Å². The van der Waals surface area contributed by atoms with Crippen molar-refractivity contribution in [2.75, 3.05) is 44.6 Å². The van der Waals surface area contributed by atoms with Crippen molar-refractivity contribution in [1.29, 1.82) is 0 Å². The molecular weight excluding hydrogens is 368 g/mol. The molecule has 7 nitrogen and oxygen atoms in total. The van der Waals surface area contributed by atoms with Crippen molar-refractivity contribution in [2.45, 2.75) is 44.8 Å². The van der Waals surface area contributed by atoms with Gasteiger partial charge < -0.3 is 25.1 Å². The molecule has 0 bridgehead atoms. The van der Waals surface area contributed by atoms with Crippen LogP contribution in [0, 0.1) is 5.41 Å². The first-order valence-corrected chi connectivity index (χ1v) is 10.8. The molecule has 2 saturated heterocycles. The molecule has 2 unspecified atom stereocenters. The number of benzene rings is 1. The third-order valence-corrected chi connectivity index (χ3v) is 6.89. The van der Waals surface area contributed by atoms with E-state index in [4.69, 9.17) is 0 Å². The summed E-state index contributed by atoms with van der Waals surface area (Å²) in [7, 11) is 0. The molecular formula is C22H32N4O3. The van der Waals surface area contributed by atoms with Gasteiger partial charge in [0.1, 0.15) is 6.04 Å². The van der Waals surface area contributed by atoms with E-state index in [1.807, 2.05) is 35.2 Å². The number of nitrogens with zero attached hydrogens (tertiary/aromatic N) is 3. The highest BCUT2D eigenvalue weighted by atomic mass is 16.3. The van der Waals surface area contributed by atoms with E-state index < -0.39 is 6.04 Å². The second-order valence-corrected chi connectivity index (χ2v) is 8.77. The molecule has 4 rings (SSSR count). The summed E-state index contributed by atoms with van der Waals surface area (Å²) in [6.45, 7) is 6.33. The quantitative estimate of drug-likeness (QED) is 0.793. The minimum absolute atomic E-state index is 0.00933. The zero-order chi connectivity index (χ0) is 20.4. The number of amides is 3. The van der Waals surface area contributed by atoms with Gasteiger partial charge in [0.25, 0.3) is 0 Å². The van der Waals surface area contributed by atoms with Gasteiger partial charge in [-0.3, -0.25) is 4.79 Å². The van der Waals surface area contributed by atoms with Gasteiger partial charge >= 0.3 is 6.03 Å². The fraction of sp³-hybridized carbons (Fsp3) is 0.636. The molecule has 0 aromatic heterocycles. The molecule has 158 valence electrons. The summed E-state index contributed by atoms with van der Waals surface area (Å²) in [6.07, 6.45) is 4.16. The number of para-hydroxylation sites is 1. The number of carbonyl (C=O) groups excluding carboxylic acids is 2. The Balaban J connectivity index is 1.22. The Morgan fingerprint density at radius 2 is 1.90 bits per heavy atom. The zero-order valence-electron chi connectivity index (χ0n) is 17.2. The topological polar surface area (TPSA) is 76.1 Å². The standard InChI is InChI=1S/C22H32N4O3/c1-17-20(28)25(12-5-11-24-13-10-22(8-9-22)19(27)16-24)14-15-26(17)21(29)23-18-6-3-2-4-7-18/h2-4,6-7,17,19,27H,5,8-16H2,1H3,(H,23,29). The highest BCUT2D eigenvalue weighted by molar-refractivity contribution is 5.94. The molecule has 1 aliphatic carbocycles. The van der Waals surface area contributed by atoms with Crippen molar-refractivity contribution in [3.8, 4) is 0 Å². The van der Waals surface area contributed by atoms with Gasteiger partial charge in [0.05, 0.1) is 6.10 Å². The highest BCUT2D eigenvalue weighted by Gasteiger charge is 2.51. The van der Waals surface area contributed by atoms with Crippen LogP contribution < -0.4 is 5.32 Å². The van der Waals surface area contributed by atoms with Gasteiger partial charge in [-0.05, 0) is 63.2 Å². The van der Waals surface area contributed by atoms with Gasteiger partial charge in [0, 0.05) is 31.9 Å². The van der Waals surface area contributed by atoms with Crippen LogP contribution in [-0.4, -0.2) is 83.2 Å². The molecule has 7 heteroatoms. The number of nitrogens with one attached hydrogen (secondary N) is 1. The Labute approximate surface area is 172 Å². The summed E-state index contributed by atoms with van der Waals surface area (Å²) < 4.78 is 0. The van der Waals surface area contributed by atoms with Crippen molar-refractivity contribution in [3.63, 3.8) is 0 Å². The van der Waals surface area contributed by atoms with E-state index in [0.717, 1.165) is 38.2 Å². The van der Waals surface area contributed by atoms with Gasteiger partial charge in [-0.25, -0.2) is 4.79 Å². The Kier molecular flexibility index (Phi) is 5.79. The number of aliphatic hydroxyl groups excluding tert-OH is 1. The first kappa shape index (κ1) is 20.2. The summed E-state index contributed by atoms with van der Waals surface area (Å²) in [4.78, 5) is 31.1. The number of carbonyl (C=O) groups is 2. The molecule has 0 radical (unpaired) electrons. The molecule has 3 aliphatic rings. The summed E-state index contributed by atoms with van der Waals surface area (Å²) in [6, 6.07) is 8.62. The lowest BCUT2D eigenvalue weighted by Gasteiger charge is -2.40. The van der Waals surface area contributed by atoms with Crippen LogP contribution in [0.4, 0.5) is 10.5 Å². The second-order valence-electron chi connectivity index (χ2n) is 8.77. The van der Waals surface area contributed by atoms with E-state index in [0.29, 0.717) is 19.6 Å². The van der Waals surface area contributed by atoms with E-state index >= 15 is 0 Å². The number of β-amino-alcohol motifs (C(OH)–C–C–N with tert-alkyl or cyclic N) is 1. The maximum absolute atomic E-state index is 12.8. The fourth-order valence-electron chi connectivity index (χ4n) is 4.65. The van der Waals surface area contributed by atoms with Crippen LogP contribution in [0.5, 0.6) is 0 Å². The fourth-order valence-corrected chi connectivity index (χ4v) is 4.65. The van der Waals surface area contributed by atoms with Crippen LogP contribution in [0.1, 0.15) is 32.6 Å². The summed E-state index contributed by atoms with van der Waals surface area (Å²) in [5.74, 6) is 0.00933. The van der Waals surface area contributed by atoms with Gasteiger partial charge in [0.2, 0.25) is 5.91 Å². The number of rotatable bonds is 5. The second kappa shape index (κ2) is 8.32. The van der Waals surface area contributed by atoms with Gasteiger partial charge in [0.15, 0.2) is 0 Å². The molecule has 2 aliphatic heterocycles. The summed E-state index contributed by atoms with van der Waals surface area (Å²) in [5, 5.41) is 13.2. The zero-order valence-corrected chi connectivity index (χ0v) is 17.2. The van der Waals surface area contributed by atoms with Gasteiger partial charge in [-0.1, -0.05) is 18.2 Å². The first-order valence-electron chi connectivity index (χ1n) is 10.8. The lowest BCUT2D eigenvalue weighted by molar-refractivity contribution is -0.139. The molecule has 2 atom stereocenters.